The first-order chi connectivity index (χ1) is 11.8. The molecule has 2 aromatic rings. The molecule has 25 heavy (non-hydrogen) atoms. The molecule has 1 amide bonds. The Kier molecular flexibility index (Phi) is 6.08. The van der Waals surface area contributed by atoms with Gasteiger partial charge in [0.05, 0.1) is 23.1 Å². The molecule has 0 saturated heterocycles. The van der Waals surface area contributed by atoms with Crippen molar-refractivity contribution in [2.75, 3.05) is 0 Å². The highest BCUT2D eigenvalue weighted by molar-refractivity contribution is 6.30. The molecule has 0 saturated carbocycles. The second-order valence-corrected chi connectivity index (χ2v) is 5.68. The highest BCUT2D eigenvalue weighted by Crippen LogP contribution is 2.19. The van der Waals surface area contributed by atoms with Crippen molar-refractivity contribution in [3.05, 3.63) is 46.7 Å². The number of aliphatic carboxylic acids is 1. The number of nitrogens with one attached hydrogen (secondary N) is 1. The lowest BCUT2D eigenvalue weighted by Gasteiger charge is -2.14. The predicted molar refractivity (Wildman–Crippen MR) is 87.5 cm³/mol. The second kappa shape index (κ2) is 8.06. The Balaban J connectivity index is 2.30. The zero-order valence-electron chi connectivity index (χ0n) is 13.2. The molecule has 2 rings (SSSR count). The van der Waals surface area contributed by atoms with E-state index in [9.17, 15) is 18.4 Å². The van der Waals surface area contributed by atoms with E-state index in [1.807, 2.05) is 0 Å². The van der Waals surface area contributed by atoms with Gasteiger partial charge in [-0.15, -0.1) is 0 Å². The summed E-state index contributed by atoms with van der Waals surface area (Å²) in [6.07, 6.45) is -2.12. The maximum Gasteiger partial charge on any atom is 0.326 e. The van der Waals surface area contributed by atoms with Crippen molar-refractivity contribution >= 4 is 23.5 Å². The van der Waals surface area contributed by atoms with Crippen LogP contribution in [0.15, 0.2) is 30.5 Å². The van der Waals surface area contributed by atoms with Gasteiger partial charge >= 0.3 is 5.97 Å². The number of hydrogen-bond acceptors (Lipinski definition) is 3. The van der Waals surface area contributed by atoms with E-state index in [4.69, 9.17) is 16.7 Å². The van der Waals surface area contributed by atoms with Crippen molar-refractivity contribution in [3.8, 4) is 5.69 Å². The molecule has 0 radical (unpaired) electrons. The first-order valence-electron chi connectivity index (χ1n) is 7.48. The Morgan fingerprint density at radius 2 is 2.12 bits per heavy atom. The maximum absolute atomic E-state index is 12.5. The Morgan fingerprint density at radius 3 is 2.68 bits per heavy atom. The molecule has 1 atom stereocenters. The van der Waals surface area contributed by atoms with Gasteiger partial charge in [0.15, 0.2) is 0 Å². The predicted octanol–water partition coefficient (Wildman–Crippen LogP) is 2.93. The number of hydrogen-bond donors (Lipinski definition) is 2. The molecule has 1 unspecified atom stereocenters. The van der Waals surface area contributed by atoms with Crippen LogP contribution in [0, 0.1) is 0 Å². The van der Waals surface area contributed by atoms with Crippen LogP contribution < -0.4 is 5.32 Å². The molecule has 0 bridgehead atoms. The number of aromatic nitrogens is 2. The Morgan fingerprint density at radius 1 is 1.40 bits per heavy atom. The first-order valence-corrected chi connectivity index (χ1v) is 7.86. The highest BCUT2D eigenvalue weighted by Gasteiger charge is 2.26. The van der Waals surface area contributed by atoms with Crippen LogP contribution in [0.1, 0.15) is 29.4 Å². The van der Waals surface area contributed by atoms with Gasteiger partial charge in [-0.05, 0) is 24.6 Å². The van der Waals surface area contributed by atoms with Crippen molar-refractivity contribution in [2.45, 2.75) is 32.2 Å². The smallest absolute Gasteiger partial charge is 0.326 e. The quantitative estimate of drug-likeness (QED) is 0.783. The minimum Gasteiger partial charge on any atom is -0.480 e. The van der Waals surface area contributed by atoms with Gasteiger partial charge in [-0.1, -0.05) is 24.6 Å². The van der Waals surface area contributed by atoms with Gasteiger partial charge in [0.25, 0.3) is 5.91 Å². The van der Waals surface area contributed by atoms with E-state index in [1.165, 1.54) is 10.9 Å². The molecule has 9 heteroatoms. The Hall–Kier alpha value is -2.48. The summed E-state index contributed by atoms with van der Waals surface area (Å²) in [5.74, 6) is -2.29. The number of rotatable bonds is 7. The summed E-state index contributed by atoms with van der Waals surface area (Å²) >= 11 is 5.96. The third-order valence-electron chi connectivity index (χ3n) is 3.52. The summed E-state index contributed by atoms with van der Waals surface area (Å²) in [5.41, 5.74) is 1.27. The van der Waals surface area contributed by atoms with Crippen molar-refractivity contribution in [1.29, 1.82) is 0 Å². The van der Waals surface area contributed by atoms with Gasteiger partial charge in [0.1, 0.15) is 6.04 Å². The maximum atomic E-state index is 12.5. The molecule has 0 aliphatic rings. The third kappa shape index (κ3) is 4.54. The van der Waals surface area contributed by atoms with Gasteiger partial charge in [0.2, 0.25) is 6.43 Å². The molecule has 1 aromatic heterocycles. The molecule has 0 aliphatic carbocycles. The lowest BCUT2D eigenvalue weighted by atomic mass is 10.1. The van der Waals surface area contributed by atoms with Crippen LogP contribution in [0.3, 0.4) is 0 Å². The van der Waals surface area contributed by atoms with Crippen molar-refractivity contribution in [3.63, 3.8) is 0 Å². The number of carbonyl (C=O) groups is 2. The van der Waals surface area contributed by atoms with Gasteiger partial charge in [0, 0.05) is 11.4 Å². The monoisotopic (exact) mass is 371 g/mol. The minimum absolute atomic E-state index is 0.128. The molecular weight excluding hydrogens is 356 g/mol. The van der Waals surface area contributed by atoms with Crippen LogP contribution in [0.25, 0.3) is 5.69 Å². The average molecular weight is 372 g/mol. The van der Waals surface area contributed by atoms with E-state index in [-0.39, 0.29) is 5.56 Å². The van der Waals surface area contributed by atoms with Crippen LogP contribution in [-0.2, 0) is 11.2 Å². The number of benzene rings is 1. The molecule has 2 N–H and O–H groups in total. The molecule has 6 nitrogen and oxygen atoms in total. The van der Waals surface area contributed by atoms with E-state index in [0.29, 0.717) is 22.8 Å². The van der Waals surface area contributed by atoms with Crippen LogP contribution in [0.5, 0.6) is 0 Å². The Bertz CT molecular complexity index is 780. The SMILES string of the molecule is CCc1c(C(=O)NC(CC(F)F)C(=O)O)cnn1-c1cccc(Cl)c1. The average Bonchev–Trinajstić information content (AvgIpc) is 2.97. The summed E-state index contributed by atoms with van der Waals surface area (Å²) in [6, 6.07) is 5.15. The second-order valence-electron chi connectivity index (χ2n) is 5.24. The molecule has 1 aromatic carbocycles. The molecule has 134 valence electrons. The van der Waals surface area contributed by atoms with E-state index >= 15 is 0 Å². The molecule has 1 heterocycles. The number of nitrogens with zero attached hydrogens (tertiary/aromatic N) is 2. The lowest BCUT2D eigenvalue weighted by molar-refractivity contribution is -0.140. The zero-order chi connectivity index (χ0) is 18.6. The summed E-state index contributed by atoms with van der Waals surface area (Å²) in [4.78, 5) is 23.4. The van der Waals surface area contributed by atoms with E-state index < -0.39 is 30.8 Å². The van der Waals surface area contributed by atoms with E-state index in [1.54, 1.807) is 31.2 Å². The topological polar surface area (TPSA) is 84.2 Å². The van der Waals surface area contributed by atoms with Crippen molar-refractivity contribution < 1.29 is 23.5 Å². The summed E-state index contributed by atoms with van der Waals surface area (Å²) in [5, 5.41) is 15.7. The number of carboxylic acids is 1. The van der Waals surface area contributed by atoms with Crippen molar-refractivity contribution in [1.82, 2.24) is 15.1 Å². The third-order valence-corrected chi connectivity index (χ3v) is 3.75. The standard InChI is InChI=1S/C16H16ClF2N3O3/c1-2-13-11(15(23)21-12(16(24)25)7-14(18)19)8-20-22(13)10-5-3-4-9(17)6-10/h3-6,8,12,14H,2,7H2,1H3,(H,21,23)(H,24,25). The molecule has 0 aliphatic heterocycles. The summed E-state index contributed by atoms with van der Waals surface area (Å²) in [6.45, 7) is 1.79. The minimum atomic E-state index is -2.85. The van der Waals surface area contributed by atoms with Crippen molar-refractivity contribution in [2.24, 2.45) is 0 Å². The largest absolute Gasteiger partial charge is 0.480 e. The van der Waals surface area contributed by atoms with E-state index in [0.717, 1.165) is 0 Å². The number of carbonyl (C=O) groups excluding carboxylic acids is 1. The summed E-state index contributed by atoms with van der Waals surface area (Å²) in [7, 11) is 0. The van der Waals surface area contributed by atoms with Gasteiger partial charge in [-0.2, -0.15) is 5.10 Å². The molecule has 0 spiro atoms. The van der Waals surface area contributed by atoms with Gasteiger partial charge in [-0.3, -0.25) is 4.79 Å². The number of amides is 1. The summed E-state index contributed by atoms with van der Waals surface area (Å²) < 4.78 is 26.4. The van der Waals surface area contributed by atoms with Crippen LogP contribution >= 0.6 is 11.6 Å². The fourth-order valence-corrected chi connectivity index (χ4v) is 2.55. The lowest BCUT2D eigenvalue weighted by Crippen LogP contribution is -2.42. The fourth-order valence-electron chi connectivity index (χ4n) is 2.37. The number of alkyl halides is 2. The number of halogens is 3. The number of carboxylic acid groups (broad SMARTS) is 1. The Labute approximate surface area is 147 Å². The fraction of sp³-hybridized carbons (Fsp3) is 0.312. The van der Waals surface area contributed by atoms with Crippen LogP contribution in [0.2, 0.25) is 5.02 Å². The first kappa shape index (κ1) is 18.9. The molecule has 0 fully saturated rings. The van der Waals surface area contributed by atoms with Gasteiger partial charge in [-0.25, -0.2) is 18.3 Å². The normalized spacial score (nSPS) is 12.2. The molecular formula is C16H16ClF2N3O3. The van der Waals surface area contributed by atoms with E-state index in [2.05, 4.69) is 10.4 Å². The highest BCUT2D eigenvalue weighted by atomic mass is 35.5. The van der Waals surface area contributed by atoms with Crippen LogP contribution in [0.4, 0.5) is 8.78 Å². The zero-order valence-corrected chi connectivity index (χ0v) is 14.0. The van der Waals surface area contributed by atoms with Gasteiger partial charge < -0.3 is 10.4 Å². The van der Waals surface area contributed by atoms with Crippen LogP contribution in [-0.4, -0.2) is 39.2 Å².